The molecule has 0 aliphatic heterocycles. The van der Waals surface area contributed by atoms with Gasteiger partial charge in [-0.2, -0.15) is 0 Å². The van der Waals surface area contributed by atoms with Crippen LogP contribution in [-0.2, 0) is 10.8 Å². The van der Waals surface area contributed by atoms with Gasteiger partial charge >= 0.3 is 0 Å². The molecule has 4 heteroatoms. The predicted molar refractivity (Wildman–Crippen MR) is 93.1 cm³/mol. The van der Waals surface area contributed by atoms with E-state index in [2.05, 4.69) is 51.5 Å². The normalized spacial score (nSPS) is 10.3. The van der Waals surface area contributed by atoms with Crippen LogP contribution in [0.2, 0.25) is 0 Å². The van der Waals surface area contributed by atoms with E-state index >= 15 is 0 Å². The third-order valence-electron chi connectivity index (χ3n) is 2.25. The summed E-state index contributed by atoms with van der Waals surface area (Å²) >= 11 is 0. The van der Waals surface area contributed by atoms with Gasteiger partial charge in [0.25, 0.3) is 0 Å². The van der Waals surface area contributed by atoms with Gasteiger partial charge in [0.05, 0.1) is 12.4 Å². The van der Waals surface area contributed by atoms with Crippen LogP contribution >= 0.6 is 0 Å². The maximum Gasteiger partial charge on any atom is 0.199 e. The molecule has 2 rings (SSSR count). The van der Waals surface area contributed by atoms with E-state index in [1.54, 1.807) is 18.7 Å². The van der Waals surface area contributed by atoms with Crippen molar-refractivity contribution < 1.29 is 8.83 Å². The van der Waals surface area contributed by atoms with Gasteiger partial charge in [-0.25, -0.2) is 9.97 Å². The zero-order valence-corrected chi connectivity index (χ0v) is 16.0. The third kappa shape index (κ3) is 9.37. The maximum atomic E-state index is 5.09. The van der Waals surface area contributed by atoms with E-state index in [4.69, 9.17) is 8.83 Å². The fourth-order valence-corrected chi connectivity index (χ4v) is 1.18. The third-order valence-corrected chi connectivity index (χ3v) is 2.25. The van der Waals surface area contributed by atoms with Gasteiger partial charge in [-0.1, -0.05) is 69.2 Å². The molecule has 0 amide bonds. The molecule has 0 radical (unpaired) electrons. The molecule has 0 unspecified atom stereocenters. The molecule has 0 aromatic carbocycles. The highest BCUT2D eigenvalue weighted by Crippen LogP contribution is 2.20. The largest absolute Gasteiger partial charge is 0.448 e. The van der Waals surface area contributed by atoms with E-state index in [9.17, 15) is 0 Å². The van der Waals surface area contributed by atoms with Gasteiger partial charge in [-0.15, -0.1) is 0 Å². The van der Waals surface area contributed by atoms with Crippen molar-refractivity contribution in [2.24, 2.45) is 0 Å². The quantitative estimate of drug-likeness (QED) is 0.599. The zero-order valence-electron chi connectivity index (χ0n) is 16.0. The van der Waals surface area contributed by atoms with Crippen LogP contribution in [0.15, 0.2) is 33.9 Å². The van der Waals surface area contributed by atoms with Crippen LogP contribution in [0, 0.1) is 0 Å². The minimum absolute atomic E-state index is 0.0451. The molecule has 2 aromatic rings. The van der Waals surface area contributed by atoms with Crippen LogP contribution in [0.4, 0.5) is 0 Å². The van der Waals surface area contributed by atoms with Gasteiger partial charge in [0.15, 0.2) is 12.3 Å². The summed E-state index contributed by atoms with van der Waals surface area (Å²) in [6.07, 6.45) is 6.47. The van der Waals surface area contributed by atoms with Gasteiger partial charge in [0.2, 0.25) is 0 Å². The van der Waals surface area contributed by atoms with Crippen LogP contribution < -0.4 is 0 Å². The molecule has 2 aromatic heterocycles. The van der Waals surface area contributed by atoms with Crippen molar-refractivity contribution in [3.63, 3.8) is 0 Å². The average molecular weight is 310 g/mol. The zero-order chi connectivity index (χ0) is 17.8. The molecule has 0 saturated carbocycles. The monoisotopic (exact) mass is 310 g/mol. The Bertz CT molecular complexity index is 388. The highest BCUT2D eigenvalue weighted by atomic mass is 16.3. The van der Waals surface area contributed by atoms with Crippen molar-refractivity contribution in [2.75, 3.05) is 0 Å². The number of aromatic nitrogens is 2. The minimum Gasteiger partial charge on any atom is -0.448 e. The van der Waals surface area contributed by atoms with E-state index < -0.39 is 0 Å². The Labute approximate surface area is 136 Å². The van der Waals surface area contributed by atoms with E-state index in [0.29, 0.717) is 0 Å². The second-order valence-electron chi connectivity index (χ2n) is 6.20. The second kappa shape index (κ2) is 11.0. The summed E-state index contributed by atoms with van der Waals surface area (Å²) in [4.78, 5) is 7.84. The van der Waals surface area contributed by atoms with Crippen LogP contribution in [0.1, 0.15) is 80.9 Å². The molecular formula is C18H34N2O2. The Kier molecular flexibility index (Phi) is 11.4. The van der Waals surface area contributed by atoms with Crippen LogP contribution in [0.3, 0.4) is 0 Å². The molecule has 0 aliphatic rings. The topological polar surface area (TPSA) is 52.1 Å². The molecule has 4 nitrogen and oxygen atoms in total. The van der Waals surface area contributed by atoms with Crippen molar-refractivity contribution in [2.45, 2.75) is 80.1 Å². The van der Waals surface area contributed by atoms with E-state index in [0.717, 1.165) is 11.7 Å². The summed E-state index contributed by atoms with van der Waals surface area (Å²) in [6.45, 7) is 20.5. The SMILES string of the molecule is CC.CC.CC(C)(C)c1cnco1.CC(C)(C)c1ncco1. The van der Waals surface area contributed by atoms with E-state index in [1.807, 2.05) is 27.7 Å². The lowest BCUT2D eigenvalue weighted by molar-refractivity contribution is 0.392. The number of nitrogens with zero attached hydrogens (tertiary/aromatic N) is 2. The molecule has 0 atom stereocenters. The maximum absolute atomic E-state index is 5.09. The minimum atomic E-state index is 0.0451. The van der Waals surface area contributed by atoms with Crippen molar-refractivity contribution in [3.05, 3.63) is 36.7 Å². The Hall–Kier alpha value is -1.58. The summed E-state index contributed by atoms with van der Waals surface area (Å²) in [7, 11) is 0. The molecular weight excluding hydrogens is 276 g/mol. The van der Waals surface area contributed by atoms with Crippen LogP contribution in [0.25, 0.3) is 0 Å². The van der Waals surface area contributed by atoms with Crippen molar-refractivity contribution >= 4 is 0 Å². The summed E-state index contributed by atoms with van der Waals surface area (Å²) in [5.74, 6) is 1.73. The Morgan fingerprint density at radius 2 is 1.36 bits per heavy atom. The highest BCUT2D eigenvalue weighted by Gasteiger charge is 2.17. The Balaban J connectivity index is 0. The molecule has 22 heavy (non-hydrogen) atoms. The first-order valence-electron chi connectivity index (χ1n) is 8.00. The molecule has 2 heterocycles. The lowest BCUT2D eigenvalue weighted by Gasteiger charge is -2.12. The Morgan fingerprint density at radius 1 is 0.818 bits per heavy atom. The molecule has 128 valence electrons. The number of hydrogen-bond donors (Lipinski definition) is 0. The summed E-state index contributed by atoms with van der Waals surface area (Å²) in [6, 6.07) is 0. The lowest BCUT2D eigenvalue weighted by atomic mass is 9.94. The Morgan fingerprint density at radius 3 is 1.55 bits per heavy atom. The van der Waals surface area contributed by atoms with Crippen LogP contribution in [-0.4, -0.2) is 9.97 Å². The number of hydrogen-bond acceptors (Lipinski definition) is 4. The van der Waals surface area contributed by atoms with Gasteiger partial charge < -0.3 is 8.83 Å². The molecule has 0 bridgehead atoms. The van der Waals surface area contributed by atoms with Gasteiger partial charge in [0, 0.05) is 10.8 Å². The summed E-state index contributed by atoms with van der Waals surface area (Å²) in [5, 5.41) is 0. The second-order valence-corrected chi connectivity index (χ2v) is 6.20. The van der Waals surface area contributed by atoms with Crippen molar-refractivity contribution in [3.8, 4) is 0 Å². The first kappa shape index (κ1) is 22.7. The lowest BCUT2D eigenvalue weighted by Crippen LogP contribution is -2.10. The van der Waals surface area contributed by atoms with Gasteiger partial charge in [-0.05, 0) is 0 Å². The number of rotatable bonds is 0. The van der Waals surface area contributed by atoms with Gasteiger partial charge in [-0.3, -0.25) is 0 Å². The van der Waals surface area contributed by atoms with E-state index in [1.165, 1.54) is 6.39 Å². The van der Waals surface area contributed by atoms with Gasteiger partial charge in [0.1, 0.15) is 12.0 Å². The summed E-state index contributed by atoms with van der Waals surface area (Å²) in [5.41, 5.74) is 0.139. The summed E-state index contributed by atoms with van der Waals surface area (Å²) < 4.78 is 10.2. The first-order valence-corrected chi connectivity index (χ1v) is 8.00. The fourth-order valence-electron chi connectivity index (χ4n) is 1.18. The predicted octanol–water partition coefficient (Wildman–Crippen LogP) is 6.00. The molecule has 0 aliphatic carbocycles. The van der Waals surface area contributed by atoms with Crippen LogP contribution in [0.5, 0.6) is 0 Å². The molecule has 0 spiro atoms. The first-order chi connectivity index (χ1) is 10.2. The van der Waals surface area contributed by atoms with E-state index in [-0.39, 0.29) is 10.8 Å². The average Bonchev–Trinajstić information content (AvgIpc) is 3.16. The standard InChI is InChI=1S/2C7H11NO.2C2H6/c1-7(2,3)6-4-8-5-9-6;1-7(2,3)6-8-4-5-9-6;2*1-2/h2*4-5H,1-3H3;2*1-2H3. The smallest absolute Gasteiger partial charge is 0.199 e. The molecule has 0 fully saturated rings. The van der Waals surface area contributed by atoms with Crippen molar-refractivity contribution in [1.29, 1.82) is 0 Å². The fraction of sp³-hybridized carbons (Fsp3) is 0.667. The molecule has 0 N–H and O–H groups in total. The molecule has 0 saturated heterocycles. The number of oxazole rings is 2. The van der Waals surface area contributed by atoms with Crippen molar-refractivity contribution in [1.82, 2.24) is 9.97 Å². The highest BCUT2D eigenvalue weighted by molar-refractivity contribution is 5.02.